The lowest BCUT2D eigenvalue weighted by Crippen LogP contribution is -2.19. The zero-order valence-corrected chi connectivity index (χ0v) is 9.16. The summed E-state index contributed by atoms with van der Waals surface area (Å²) in [5, 5.41) is -0.280. The summed E-state index contributed by atoms with van der Waals surface area (Å²) < 4.78 is 40.1. The van der Waals surface area contributed by atoms with Gasteiger partial charge in [-0.2, -0.15) is 13.2 Å². The van der Waals surface area contributed by atoms with Crippen LogP contribution in [-0.2, 0) is 0 Å². The quantitative estimate of drug-likeness (QED) is 0.784. The highest BCUT2D eigenvalue weighted by molar-refractivity contribution is 6.37. The van der Waals surface area contributed by atoms with Crippen molar-refractivity contribution < 1.29 is 22.7 Å². The van der Waals surface area contributed by atoms with Crippen molar-refractivity contribution in [2.24, 2.45) is 0 Å². The highest BCUT2D eigenvalue weighted by Gasteiger charge is 2.29. The van der Waals surface area contributed by atoms with E-state index in [1.54, 1.807) is 0 Å². The summed E-state index contributed by atoms with van der Waals surface area (Å²) in [6, 6.07) is 2.35. The van der Waals surface area contributed by atoms with Crippen molar-refractivity contribution >= 4 is 29.5 Å². The van der Waals surface area contributed by atoms with Gasteiger partial charge < -0.3 is 4.74 Å². The fraction of sp³-hybridized carbons (Fsp3) is 0.222. The number of rotatable bonds is 3. The molecule has 0 unspecified atom stereocenters. The first-order chi connectivity index (χ1) is 7.33. The van der Waals surface area contributed by atoms with E-state index < -0.39 is 12.8 Å². The number of aldehydes is 1. The minimum absolute atomic E-state index is 0.140. The van der Waals surface area contributed by atoms with Crippen LogP contribution in [0.3, 0.4) is 0 Å². The number of ether oxygens (including phenoxy) is 1. The molecule has 0 aliphatic rings. The minimum atomic E-state index is -4.48. The van der Waals surface area contributed by atoms with E-state index in [9.17, 15) is 18.0 Å². The summed E-state index contributed by atoms with van der Waals surface area (Å²) in [6.07, 6.45) is -4.00. The number of carbonyl (C=O) groups is 1. The molecule has 2 nitrogen and oxygen atoms in total. The van der Waals surface area contributed by atoms with E-state index >= 15 is 0 Å². The summed E-state index contributed by atoms with van der Waals surface area (Å²) in [7, 11) is 0. The van der Waals surface area contributed by atoms with Gasteiger partial charge in [-0.15, -0.1) is 0 Å². The first-order valence-corrected chi connectivity index (χ1v) is 4.73. The Kier molecular flexibility index (Phi) is 4.04. The molecule has 0 atom stereocenters. The Morgan fingerprint density at radius 1 is 1.25 bits per heavy atom. The first-order valence-electron chi connectivity index (χ1n) is 3.97. The maximum atomic E-state index is 11.9. The monoisotopic (exact) mass is 272 g/mol. The second-order valence-electron chi connectivity index (χ2n) is 2.84. The van der Waals surface area contributed by atoms with Crippen molar-refractivity contribution in [3.05, 3.63) is 27.7 Å². The Morgan fingerprint density at radius 3 is 2.12 bits per heavy atom. The highest BCUT2D eigenvalue weighted by atomic mass is 35.5. The van der Waals surface area contributed by atoms with Crippen LogP contribution in [0.4, 0.5) is 13.2 Å². The van der Waals surface area contributed by atoms with Gasteiger partial charge in [0.15, 0.2) is 12.4 Å². The maximum Gasteiger partial charge on any atom is 0.422 e. The molecule has 88 valence electrons. The van der Waals surface area contributed by atoms with Crippen molar-refractivity contribution in [3.63, 3.8) is 0 Å². The Labute approximate surface area is 98.9 Å². The third kappa shape index (κ3) is 3.57. The van der Waals surface area contributed by atoms with Gasteiger partial charge in [0.25, 0.3) is 0 Å². The molecule has 0 spiro atoms. The van der Waals surface area contributed by atoms with E-state index in [2.05, 4.69) is 4.74 Å². The van der Waals surface area contributed by atoms with Crippen LogP contribution in [0.25, 0.3) is 0 Å². The van der Waals surface area contributed by atoms with E-state index in [4.69, 9.17) is 23.2 Å². The number of hydrogen-bond acceptors (Lipinski definition) is 2. The van der Waals surface area contributed by atoms with Crippen molar-refractivity contribution in [2.45, 2.75) is 6.18 Å². The molecule has 0 amide bonds. The summed E-state index contributed by atoms with van der Waals surface area (Å²) in [4.78, 5) is 10.4. The van der Waals surface area contributed by atoms with Gasteiger partial charge in [0.05, 0.1) is 10.0 Å². The smallest absolute Gasteiger partial charge is 0.422 e. The van der Waals surface area contributed by atoms with Crippen LogP contribution in [0.5, 0.6) is 5.75 Å². The molecule has 7 heteroatoms. The fourth-order valence-electron chi connectivity index (χ4n) is 0.939. The van der Waals surface area contributed by atoms with Gasteiger partial charge in [0, 0.05) is 5.56 Å². The van der Waals surface area contributed by atoms with Crippen LogP contribution in [0.15, 0.2) is 12.1 Å². The van der Waals surface area contributed by atoms with Gasteiger partial charge in [0.1, 0.15) is 6.29 Å². The van der Waals surface area contributed by atoms with E-state index in [1.807, 2.05) is 0 Å². The zero-order chi connectivity index (χ0) is 12.3. The Hall–Kier alpha value is -0.940. The average Bonchev–Trinajstić information content (AvgIpc) is 2.14. The van der Waals surface area contributed by atoms with Gasteiger partial charge >= 0.3 is 6.18 Å². The van der Waals surface area contributed by atoms with Gasteiger partial charge in [-0.25, -0.2) is 0 Å². The van der Waals surface area contributed by atoms with Crippen LogP contribution >= 0.6 is 23.2 Å². The molecule has 0 aliphatic carbocycles. The number of benzene rings is 1. The van der Waals surface area contributed by atoms with Crippen LogP contribution in [0, 0.1) is 0 Å². The molecule has 0 bridgehead atoms. The third-order valence-corrected chi connectivity index (χ3v) is 2.10. The summed E-state index contributed by atoms with van der Waals surface area (Å²) in [6.45, 7) is -1.49. The lowest BCUT2D eigenvalue weighted by Gasteiger charge is -2.12. The first kappa shape index (κ1) is 13.1. The number of halogens is 5. The molecule has 1 aromatic carbocycles. The third-order valence-electron chi connectivity index (χ3n) is 1.54. The topological polar surface area (TPSA) is 26.3 Å². The van der Waals surface area contributed by atoms with Gasteiger partial charge in [-0.3, -0.25) is 4.79 Å². The molecule has 0 saturated heterocycles. The highest BCUT2D eigenvalue weighted by Crippen LogP contribution is 2.34. The number of alkyl halides is 3. The SMILES string of the molecule is O=Cc1cc(Cl)c(OCC(F)(F)F)c(Cl)c1. The van der Waals surface area contributed by atoms with Gasteiger partial charge in [-0.1, -0.05) is 23.2 Å². The second-order valence-corrected chi connectivity index (χ2v) is 3.65. The molecule has 1 rings (SSSR count). The standard InChI is InChI=1S/C9H5Cl2F3O2/c10-6-1-5(3-15)2-7(11)8(6)16-4-9(12,13)14/h1-3H,4H2. The van der Waals surface area contributed by atoms with Crippen molar-refractivity contribution in [3.8, 4) is 5.75 Å². The largest absolute Gasteiger partial charge is 0.481 e. The summed E-state index contributed by atoms with van der Waals surface area (Å²) in [5.74, 6) is -0.286. The molecular weight excluding hydrogens is 268 g/mol. The van der Waals surface area contributed by atoms with Crippen LogP contribution in [-0.4, -0.2) is 19.1 Å². The van der Waals surface area contributed by atoms with E-state index in [1.165, 1.54) is 12.1 Å². The Bertz CT molecular complexity index is 381. The second kappa shape index (κ2) is 4.93. The molecule has 16 heavy (non-hydrogen) atoms. The summed E-state index contributed by atoms with van der Waals surface area (Å²) in [5.41, 5.74) is 0.161. The van der Waals surface area contributed by atoms with Crippen LogP contribution in [0.1, 0.15) is 10.4 Å². The van der Waals surface area contributed by atoms with Crippen molar-refractivity contribution in [1.29, 1.82) is 0 Å². The van der Waals surface area contributed by atoms with Gasteiger partial charge in [0.2, 0.25) is 0 Å². The molecule has 0 aromatic heterocycles. The Balaban J connectivity index is 2.93. The normalized spacial score (nSPS) is 11.3. The van der Waals surface area contributed by atoms with Gasteiger partial charge in [-0.05, 0) is 12.1 Å². The molecular formula is C9H5Cl2F3O2. The predicted molar refractivity (Wildman–Crippen MR) is 53.4 cm³/mol. The lowest BCUT2D eigenvalue weighted by molar-refractivity contribution is -0.153. The molecule has 0 aliphatic heterocycles. The van der Waals surface area contributed by atoms with Crippen molar-refractivity contribution in [2.75, 3.05) is 6.61 Å². The molecule has 0 N–H and O–H groups in total. The molecule has 0 radical (unpaired) electrons. The van der Waals surface area contributed by atoms with Crippen LogP contribution < -0.4 is 4.74 Å². The zero-order valence-electron chi connectivity index (χ0n) is 7.65. The molecule has 0 heterocycles. The minimum Gasteiger partial charge on any atom is -0.481 e. The number of hydrogen-bond donors (Lipinski definition) is 0. The average molecular weight is 273 g/mol. The predicted octanol–water partition coefficient (Wildman–Crippen LogP) is 3.75. The van der Waals surface area contributed by atoms with E-state index in [0.717, 1.165) is 0 Å². The number of carbonyl (C=O) groups excluding carboxylic acids is 1. The van der Waals surface area contributed by atoms with E-state index in [0.29, 0.717) is 6.29 Å². The lowest BCUT2D eigenvalue weighted by atomic mass is 10.2. The Morgan fingerprint density at radius 2 is 1.75 bits per heavy atom. The fourth-order valence-corrected chi connectivity index (χ4v) is 1.55. The molecule has 0 fully saturated rings. The van der Waals surface area contributed by atoms with Crippen molar-refractivity contribution in [1.82, 2.24) is 0 Å². The van der Waals surface area contributed by atoms with Crippen LogP contribution in [0.2, 0.25) is 10.0 Å². The summed E-state index contributed by atoms with van der Waals surface area (Å²) >= 11 is 11.2. The maximum absolute atomic E-state index is 11.9. The molecule has 1 aromatic rings. The van der Waals surface area contributed by atoms with E-state index in [-0.39, 0.29) is 21.4 Å². The molecule has 0 saturated carbocycles.